The first-order valence-corrected chi connectivity index (χ1v) is 8.32. The summed E-state index contributed by atoms with van der Waals surface area (Å²) >= 11 is 2.12. The van der Waals surface area contributed by atoms with Crippen LogP contribution in [0.1, 0.15) is 46.0 Å². The predicted octanol–water partition coefficient (Wildman–Crippen LogP) is 2.72. The first kappa shape index (κ1) is 13.7. The first-order valence-electron chi connectivity index (χ1n) is 7.27. The highest BCUT2D eigenvalue weighted by atomic mass is 32.2. The second kappa shape index (κ2) is 5.94. The van der Waals surface area contributed by atoms with Crippen molar-refractivity contribution in [1.29, 1.82) is 0 Å². The Morgan fingerprint density at radius 2 is 2.29 bits per heavy atom. The van der Waals surface area contributed by atoms with Crippen molar-refractivity contribution >= 4 is 11.8 Å². The molecule has 1 aliphatic heterocycles. The highest BCUT2D eigenvalue weighted by Gasteiger charge is 2.40. The van der Waals surface area contributed by atoms with E-state index >= 15 is 0 Å². The molecule has 17 heavy (non-hydrogen) atoms. The molecular weight excluding hydrogens is 228 g/mol. The predicted molar refractivity (Wildman–Crippen MR) is 77.5 cm³/mol. The maximum absolute atomic E-state index is 6.18. The summed E-state index contributed by atoms with van der Waals surface area (Å²) in [6.07, 6.45) is 6.82. The lowest BCUT2D eigenvalue weighted by atomic mass is 9.73. The molecule has 1 heterocycles. The van der Waals surface area contributed by atoms with Crippen molar-refractivity contribution in [3.8, 4) is 0 Å². The van der Waals surface area contributed by atoms with Crippen LogP contribution in [-0.2, 0) is 0 Å². The summed E-state index contributed by atoms with van der Waals surface area (Å²) in [6, 6.07) is 0. The Morgan fingerprint density at radius 1 is 1.47 bits per heavy atom. The quantitative estimate of drug-likeness (QED) is 0.842. The molecule has 1 saturated heterocycles. The van der Waals surface area contributed by atoms with Crippen molar-refractivity contribution in [2.45, 2.75) is 56.7 Å². The Kier molecular flexibility index (Phi) is 4.79. The Hall–Kier alpha value is 0.270. The minimum atomic E-state index is 0.341. The van der Waals surface area contributed by atoms with E-state index in [2.05, 4.69) is 30.5 Å². The Balaban J connectivity index is 2.06. The molecule has 2 rings (SSSR count). The van der Waals surface area contributed by atoms with Crippen LogP contribution in [0.2, 0.25) is 0 Å². The highest BCUT2D eigenvalue weighted by Crippen LogP contribution is 2.39. The van der Waals surface area contributed by atoms with Crippen molar-refractivity contribution in [3.63, 3.8) is 0 Å². The Bertz CT molecular complexity index is 246. The van der Waals surface area contributed by atoms with E-state index in [4.69, 9.17) is 5.73 Å². The molecular formula is C14H28N2S. The molecule has 3 heteroatoms. The van der Waals surface area contributed by atoms with Crippen molar-refractivity contribution < 1.29 is 0 Å². The fraction of sp³-hybridized carbons (Fsp3) is 1.00. The molecule has 0 bridgehead atoms. The molecule has 0 aromatic heterocycles. The molecule has 0 spiro atoms. The fourth-order valence-electron chi connectivity index (χ4n) is 3.66. The van der Waals surface area contributed by atoms with Crippen LogP contribution in [0.3, 0.4) is 0 Å². The lowest BCUT2D eigenvalue weighted by Gasteiger charge is -2.50. The second-order valence-electron chi connectivity index (χ2n) is 5.93. The van der Waals surface area contributed by atoms with Gasteiger partial charge < -0.3 is 5.73 Å². The minimum Gasteiger partial charge on any atom is -0.329 e. The molecule has 3 unspecified atom stereocenters. The van der Waals surface area contributed by atoms with Gasteiger partial charge in [-0.15, -0.1) is 0 Å². The molecule has 2 N–H and O–H groups in total. The first-order chi connectivity index (χ1) is 8.20. The van der Waals surface area contributed by atoms with E-state index in [0.29, 0.717) is 5.54 Å². The number of hydrogen-bond acceptors (Lipinski definition) is 3. The molecule has 0 radical (unpaired) electrons. The lowest BCUT2D eigenvalue weighted by molar-refractivity contribution is 0.0383. The summed E-state index contributed by atoms with van der Waals surface area (Å²) in [5, 5.41) is 0.786. The molecule has 0 aromatic rings. The summed E-state index contributed by atoms with van der Waals surface area (Å²) in [6.45, 7) is 8.06. The SMILES string of the molecule is CCC1CCCC(CN)(N2CCSC(C)C2)C1. The molecule has 3 atom stereocenters. The minimum absolute atomic E-state index is 0.341. The highest BCUT2D eigenvalue weighted by molar-refractivity contribution is 7.99. The van der Waals surface area contributed by atoms with Crippen LogP contribution in [-0.4, -0.2) is 41.1 Å². The summed E-state index contributed by atoms with van der Waals surface area (Å²) in [5.74, 6) is 2.21. The molecule has 2 aliphatic rings. The van der Waals surface area contributed by atoms with Gasteiger partial charge >= 0.3 is 0 Å². The maximum atomic E-state index is 6.18. The third-order valence-corrected chi connectivity index (χ3v) is 5.93. The lowest BCUT2D eigenvalue weighted by Crippen LogP contribution is -2.59. The van der Waals surface area contributed by atoms with Crippen molar-refractivity contribution in [2.24, 2.45) is 11.7 Å². The van der Waals surface area contributed by atoms with Crippen LogP contribution in [0.25, 0.3) is 0 Å². The zero-order chi connectivity index (χ0) is 12.3. The normalized spacial score (nSPS) is 40.4. The molecule has 1 aliphatic carbocycles. The van der Waals surface area contributed by atoms with Crippen LogP contribution in [0, 0.1) is 5.92 Å². The second-order valence-corrected chi connectivity index (χ2v) is 7.47. The van der Waals surface area contributed by atoms with E-state index in [0.717, 1.165) is 17.7 Å². The smallest absolute Gasteiger partial charge is 0.0335 e. The van der Waals surface area contributed by atoms with Gasteiger partial charge in [0.25, 0.3) is 0 Å². The molecule has 2 fully saturated rings. The number of hydrogen-bond donors (Lipinski definition) is 1. The van der Waals surface area contributed by atoms with Crippen LogP contribution in [0.15, 0.2) is 0 Å². The molecule has 0 amide bonds. The van der Waals surface area contributed by atoms with Crippen LogP contribution in [0.4, 0.5) is 0 Å². The number of thioether (sulfide) groups is 1. The number of rotatable bonds is 3. The van der Waals surface area contributed by atoms with Crippen molar-refractivity contribution in [3.05, 3.63) is 0 Å². The molecule has 0 aromatic carbocycles. The van der Waals surface area contributed by atoms with E-state index < -0.39 is 0 Å². The molecule has 2 nitrogen and oxygen atoms in total. The van der Waals surface area contributed by atoms with E-state index in [1.807, 2.05) is 0 Å². The van der Waals surface area contributed by atoms with Gasteiger partial charge in [0.05, 0.1) is 0 Å². The third kappa shape index (κ3) is 2.99. The number of nitrogens with two attached hydrogens (primary N) is 1. The topological polar surface area (TPSA) is 29.3 Å². The fourth-order valence-corrected chi connectivity index (χ4v) is 4.67. The van der Waals surface area contributed by atoms with Crippen LogP contribution in [0.5, 0.6) is 0 Å². The Morgan fingerprint density at radius 3 is 2.94 bits per heavy atom. The average Bonchev–Trinajstić information content (AvgIpc) is 2.38. The monoisotopic (exact) mass is 256 g/mol. The molecule has 100 valence electrons. The van der Waals surface area contributed by atoms with Gasteiger partial charge in [0.2, 0.25) is 0 Å². The zero-order valence-corrected chi connectivity index (χ0v) is 12.3. The standard InChI is InChI=1S/C14H28N2S/c1-3-13-5-4-6-14(9-13,11-15)16-7-8-17-12(2)10-16/h12-13H,3-11,15H2,1-2H3. The van der Waals surface area contributed by atoms with Crippen LogP contribution >= 0.6 is 11.8 Å². The van der Waals surface area contributed by atoms with Gasteiger partial charge in [-0.1, -0.05) is 33.1 Å². The Labute approximate surface area is 111 Å². The zero-order valence-electron chi connectivity index (χ0n) is 11.5. The third-order valence-electron chi connectivity index (χ3n) is 4.79. The van der Waals surface area contributed by atoms with E-state index in [9.17, 15) is 0 Å². The van der Waals surface area contributed by atoms with Crippen molar-refractivity contribution in [2.75, 3.05) is 25.4 Å². The summed E-state index contributed by atoms with van der Waals surface area (Å²) in [5.41, 5.74) is 6.52. The van der Waals surface area contributed by atoms with Gasteiger partial charge in [-0.25, -0.2) is 0 Å². The van der Waals surface area contributed by atoms with Gasteiger partial charge in [0.1, 0.15) is 0 Å². The summed E-state index contributed by atoms with van der Waals surface area (Å²) in [7, 11) is 0. The van der Waals surface area contributed by atoms with Gasteiger partial charge in [0, 0.05) is 36.2 Å². The summed E-state index contributed by atoms with van der Waals surface area (Å²) in [4.78, 5) is 2.73. The maximum Gasteiger partial charge on any atom is 0.0335 e. The van der Waals surface area contributed by atoms with Gasteiger partial charge in [0.15, 0.2) is 0 Å². The molecule has 1 saturated carbocycles. The van der Waals surface area contributed by atoms with Gasteiger partial charge in [-0.2, -0.15) is 11.8 Å². The van der Waals surface area contributed by atoms with Crippen LogP contribution < -0.4 is 5.73 Å². The van der Waals surface area contributed by atoms with Crippen molar-refractivity contribution in [1.82, 2.24) is 4.90 Å². The average molecular weight is 256 g/mol. The van der Waals surface area contributed by atoms with E-state index in [-0.39, 0.29) is 0 Å². The largest absolute Gasteiger partial charge is 0.329 e. The number of nitrogens with zero attached hydrogens (tertiary/aromatic N) is 1. The summed E-state index contributed by atoms with van der Waals surface area (Å²) < 4.78 is 0. The van der Waals surface area contributed by atoms with E-state index in [1.54, 1.807) is 0 Å². The van der Waals surface area contributed by atoms with E-state index in [1.165, 1.54) is 50.9 Å². The van der Waals surface area contributed by atoms with Gasteiger partial charge in [-0.05, 0) is 18.8 Å². The van der Waals surface area contributed by atoms with Gasteiger partial charge in [-0.3, -0.25) is 4.90 Å².